The van der Waals surface area contributed by atoms with Gasteiger partial charge in [-0.25, -0.2) is 4.39 Å². The number of rotatable bonds is 4. The van der Waals surface area contributed by atoms with Crippen molar-refractivity contribution in [2.24, 2.45) is 0 Å². The minimum absolute atomic E-state index is 0.344. The maximum Gasteiger partial charge on any atom is 0.124 e. The third kappa shape index (κ3) is 2.99. The molecule has 0 unspecified atom stereocenters. The average molecular weight is 265 g/mol. The van der Waals surface area contributed by atoms with Crippen molar-refractivity contribution in [1.82, 2.24) is 4.98 Å². The smallest absolute Gasteiger partial charge is 0.124 e. The van der Waals surface area contributed by atoms with E-state index in [0.717, 1.165) is 29.9 Å². The molecular weight excluding hydrogens is 251 g/mol. The third-order valence-corrected chi connectivity index (χ3v) is 2.86. The Morgan fingerprint density at radius 2 is 2.11 bits per heavy atom. The molecule has 0 atom stereocenters. The molecule has 2 aromatic rings. The normalized spacial score (nSPS) is 10.4. The van der Waals surface area contributed by atoms with Gasteiger partial charge in [0, 0.05) is 24.0 Å². The number of hydrogen-bond acceptors (Lipinski definition) is 2. The van der Waals surface area contributed by atoms with Crippen molar-refractivity contribution in [3.8, 4) is 11.3 Å². The van der Waals surface area contributed by atoms with Crippen molar-refractivity contribution in [2.75, 3.05) is 11.9 Å². The number of nitrogens with zero attached hydrogens (tertiary/aromatic N) is 1. The summed E-state index contributed by atoms with van der Waals surface area (Å²) >= 11 is 6.02. The molecule has 1 heterocycles. The SMILES string of the molecule is CCCNc1ccnc(-c2ccc(F)cc2Cl)c1. The lowest BCUT2D eigenvalue weighted by Crippen LogP contribution is -2.00. The van der Waals surface area contributed by atoms with Crippen LogP contribution >= 0.6 is 11.6 Å². The first kappa shape index (κ1) is 12.8. The highest BCUT2D eigenvalue weighted by atomic mass is 35.5. The first-order valence-electron chi connectivity index (χ1n) is 5.86. The van der Waals surface area contributed by atoms with E-state index < -0.39 is 0 Å². The van der Waals surface area contributed by atoms with Gasteiger partial charge in [-0.15, -0.1) is 0 Å². The van der Waals surface area contributed by atoms with Gasteiger partial charge in [0.1, 0.15) is 5.82 Å². The zero-order chi connectivity index (χ0) is 13.0. The second kappa shape index (κ2) is 5.83. The van der Waals surface area contributed by atoms with Crippen molar-refractivity contribution < 1.29 is 4.39 Å². The van der Waals surface area contributed by atoms with E-state index in [-0.39, 0.29) is 5.82 Å². The molecule has 18 heavy (non-hydrogen) atoms. The van der Waals surface area contributed by atoms with Crippen molar-refractivity contribution in [3.05, 3.63) is 47.4 Å². The van der Waals surface area contributed by atoms with Gasteiger partial charge in [-0.3, -0.25) is 4.98 Å². The summed E-state index contributed by atoms with van der Waals surface area (Å²) in [5, 5.41) is 3.65. The first-order valence-corrected chi connectivity index (χ1v) is 6.24. The second-order valence-corrected chi connectivity index (χ2v) is 4.39. The first-order chi connectivity index (χ1) is 8.70. The van der Waals surface area contributed by atoms with Crippen LogP contribution in [0.5, 0.6) is 0 Å². The molecule has 2 rings (SSSR count). The van der Waals surface area contributed by atoms with E-state index in [1.54, 1.807) is 12.3 Å². The maximum absolute atomic E-state index is 13.0. The topological polar surface area (TPSA) is 24.9 Å². The van der Waals surface area contributed by atoms with E-state index in [1.165, 1.54) is 12.1 Å². The van der Waals surface area contributed by atoms with Crippen LogP contribution in [0, 0.1) is 5.82 Å². The van der Waals surface area contributed by atoms with Crippen molar-refractivity contribution in [1.29, 1.82) is 0 Å². The average Bonchev–Trinajstić information content (AvgIpc) is 2.36. The maximum atomic E-state index is 13.0. The second-order valence-electron chi connectivity index (χ2n) is 3.98. The molecule has 0 aliphatic heterocycles. The van der Waals surface area contributed by atoms with Crippen LogP contribution in [0.3, 0.4) is 0 Å². The van der Waals surface area contributed by atoms with E-state index in [0.29, 0.717) is 5.02 Å². The van der Waals surface area contributed by atoms with Gasteiger partial charge in [0.05, 0.1) is 10.7 Å². The van der Waals surface area contributed by atoms with E-state index in [4.69, 9.17) is 11.6 Å². The molecule has 1 aromatic heterocycles. The fraction of sp³-hybridized carbons (Fsp3) is 0.214. The lowest BCUT2D eigenvalue weighted by Gasteiger charge is -2.08. The molecule has 0 aliphatic rings. The van der Waals surface area contributed by atoms with E-state index >= 15 is 0 Å². The number of hydrogen-bond donors (Lipinski definition) is 1. The van der Waals surface area contributed by atoms with Crippen LogP contribution < -0.4 is 5.32 Å². The van der Waals surface area contributed by atoms with E-state index in [1.807, 2.05) is 12.1 Å². The standard InChI is InChI=1S/C14H14ClFN2/c1-2-6-17-11-5-7-18-14(9-11)12-4-3-10(16)8-13(12)15/h3-5,7-9H,2,6H2,1H3,(H,17,18). The summed E-state index contributed by atoms with van der Waals surface area (Å²) in [5.41, 5.74) is 2.46. The van der Waals surface area contributed by atoms with Gasteiger partial charge in [-0.2, -0.15) is 0 Å². The van der Waals surface area contributed by atoms with Crippen molar-refractivity contribution >= 4 is 17.3 Å². The Hall–Kier alpha value is -1.61. The Morgan fingerprint density at radius 1 is 1.28 bits per heavy atom. The minimum Gasteiger partial charge on any atom is -0.385 e. The van der Waals surface area contributed by atoms with Gasteiger partial charge < -0.3 is 5.32 Å². The highest BCUT2D eigenvalue weighted by Gasteiger charge is 2.06. The molecule has 4 heteroatoms. The molecular formula is C14H14ClFN2. The van der Waals surface area contributed by atoms with Gasteiger partial charge >= 0.3 is 0 Å². The molecule has 1 N–H and O–H groups in total. The van der Waals surface area contributed by atoms with E-state index in [9.17, 15) is 4.39 Å². The molecule has 0 spiro atoms. The number of anilines is 1. The molecule has 0 saturated heterocycles. The molecule has 0 aliphatic carbocycles. The van der Waals surface area contributed by atoms with Gasteiger partial charge in [0.15, 0.2) is 0 Å². The molecule has 2 nitrogen and oxygen atoms in total. The molecule has 0 amide bonds. The lowest BCUT2D eigenvalue weighted by atomic mass is 10.1. The van der Waals surface area contributed by atoms with Crippen LogP contribution in [0.15, 0.2) is 36.5 Å². The fourth-order valence-corrected chi connectivity index (χ4v) is 1.92. The number of benzene rings is 1. The van der Waals surface area contributed by atoms with E-state index in [2.05, 4.69) is 17.2 Å². The number of nitrogens with one attached hydrogen (secondary N) is 1. The summed E-state index contributed by atoms with van der Waals surface area (Å²) in [6.07, 6.45) is 2.77. The summed E-state index contributed by atoms with van der Waals surface area (Å²) < 4.78 is 13.0. The Labute approximate surface area is 111 Å². The molecule has 1 aromatic carbocycles. The van der Waals surface area contributed by atoms with Crippen LogP contribution in [-0.4, -0.2) is 11.5 Å². The minimum atomic E-state index is -0.344. The Kier molecular flexibility index (Phi) is 4.15. The van der Waals surface area contributed by atoms with Gasteiger partial charge in [-0.1, -0.05) is 18.5 Å². The fourth-order valence-electron chi connectivity index (χ4n) is 1.65. The number of aromatic nitrogens is 1. The number of pyridine rings is 1. The molecule has 0 bridgehead atoms. The summed E-state index contributed by atoms with van der Waals surface area (Å²) in [6.45, 7) is 3.01. The Morgan fingerprint density at radius 3 is 2.83 bits per heavy atom. The highest BCUT2D eigenvalue weighted by Crippen LogP contribution is 2.28. The number of halogens is 2. The zero-order valence-corrected chi connectivity index (χ0v) is 10.8. The summed E-state index contributed by atoms with van der Waals surface area (Å²) in [7, 11) is 0. The molecule has 0 fully saturated rings. The summed E-state index contributed by atoms with van der Waals surface area (Å²) in [5.74, 6) is -0.344. The van der Waals surface area contributed by atoms with Crippen LogP contribution in [0.2, 0.25) is 5.02 Å². The molecule has 0 saturated carbocycles. The predicted molar refractivity (Wildman–Crippen MR) is 73.4 cm³/mol. The lowest BCUT2D eigenvalue weighted by molar-refractivity contribution is 0.628. The Bertz CT molecular complexity index is 543. The van der Waals surface area contributed by atoms with Gasteiger partial charge in [-0.05, 0) is 36.8 Å². The quantitative estimate of drug-likeness (QED) is 0.887. The summed E-state index contributed by atoms with van der Waals surface area (Å²) in [6, 6.07) is 8.13. The van der Waals surface area contributed by atoms with Crippen LogP contribution in [-0.2, 0) is 0 Å². The van der Waals surface area contributed by atoms with Crippen LogP contribution in [0.4, 0.5) is 10.1 Å². The van der Waals surface area contributed by atoms with Crippen molar-refractivity contribution in [3.63, 3.8) is 0 Å². The van der Waals surface area contributed by atoms with Crippen LogP contribution in [0.1, 0.15) is 13.3 Å². The summed E-state index contributed by atoms with van der Waals surface area (Å²) in [4.78, 5) is 4.26. The monoisotopic (exact) mass is 264 g/mol. The van der Waals surface area contributed by atoms with Crippen LogP contribution in [0.25, 0.3) is 11.3 Å². The third-order valence-electron chi connectivity index (χ3n) is 2.55. The van der Waals surface area contributed by atoms with Gasteiger partial charge in [0.2, 0.25) is 0 Å². The molecule has 94 valence electrons. The highest BCUT2D eigenvalue weighted by molar-refractivity contribution is 6.33. The molecule has 0 radical (unpaired) electrons. The Balaban J connectivity index is 2.32. The largest absolute Gasteiger partial charge is 0.385 e. The van der Waals surface area contributed by atoms with Gasteiger partial charge in [0.25, 0.3) is 0 Å². The zero-order valence-electron chi connectivity index (χ0n) is 10.1. The van der Waals surface area contributed by atoms with Crippen molar-refractivity contribution in [2.45, 2.75) is 13.3 Å². The predicted octanol–water partition coefficient (Wildman–Crippen LogP) is 4.36.